The minimum absolute atomic E-state index is 0.295. The number of benzene rings is 4. The second kappa shape index (κ2) is 10.9. The van der Waals surface area contributed by atoms with Gasteiger partial charge < -0.3 is 9.47 Å². The number of hydrogen-bond donors (Lipinski definition) is 1. The minimum Gasteiger partial charge on any atom is -0.490 e. The summed E-state index contributed by atoms with van der Waals surface area (Å²) >= 11 is 6.52. The van der Waals surface area contributed by atoms with Crippen LogP contribution >= 0.6 is 11.6 Å². The lowest BCUT2D eigenvalue weighted by Crippen LogP contribution is -2.17. The van der Waals surface area contributed by atoms with Crippen LogP contribution in [0.3, 0.4) is 0 Å². The fraction of sp³-hybridized carbons (Fsp3) is 0.143. The molecule has 0 aliphatic rings. The highest BCUT2D eigenvalue weighted by atomic mass is 35.5. The average Bonchev–Trinajstić information content (AvgIpc) is 2.84. The largest absolute Gasteiger partial charge is 0.490 e. The second-order valence-corrected chi connectivity index (χ2v) is 8.15. The maximum absolute atomic E-state index is 12.5. The second-order valence-electron chi connectivity index (χ2n) is 7.74. The summed E-state index contributed by atoms with van der Waals surface area (Å²) in [5.41, 5.74) is 5.99. The summed E-state index contributed by atoms with van der Waals surface area (Å²) in [6.45, 7) is 4.76. The molecular formula is C28H25ClN2O3. The Bertz CT molecular complexity index is 1350. The third kappa shape index (κ3) is 5.56. The zero-order chi connectivity index (χ0) is 23.9. The molecule has 6 heteroatoms. The molecule has 0 radical (unpaired) electrons. The summed E-state index contributed by atoms with van der Waals surface area (Å²) in [6.07, 6.45) is 1.53. The van der Waals surface area contributed by atoms with E-state index in [2.05, 4.69) is 10.5 Å². The molecular weight excluding hydrogens is 448 g/mol. The fourth-order valence-corrected chi connectivity index (χ4v) is 3.82. The first-order valence-corrected chi connectivity index (χ1v) is 11.4. The number of rotatable bonds is 8. The average molecular weight is 473 g/mol. The standard InChI is InChI=1S/C28H25ClN2O3/c1-3-33-26-15-20(14-25(29)27(26)34-18-24-11-5-4-8-19(24)2)17-30-31-28(32)23-13-12-21-9-6-7-10-22(21)16-23/h4-17H,3,18H2,1-2H3,(H,31,32)/b30-17-. The van der Waals surface area contributed by atoms with Crippen molar-refractivity contribution in [2.45, 2.75) is 20.5 Å². The molecule has 0 heterocycles. The van der Waals surface area contributed by atoms with E-state index in [1.54, 1.807) is 18.2 Å². The Kier molecular flexibility index (Phi) is 7.45. The van der Waals surface area contributed by atoms with Gasteiger partial charge in [-0.15, -0.1) is 0 Å². The molecule has 34 heavy (non-hydrogen) atoms. The number of hydrogen-bond acceptors (Lipinski definition) is 4. The molecule has 0 aliphatic heterocycles. The highest BCUT2D eigenvalue weighted by Gasteiger charge is 2.13. The van der Waals surface area contributed by atoms with Gasteiger partial charge >= 0.3 is 0 Å². The number of amides is 1. The van der Waals surface area contributed by atoms with Crippen molar-refractivity contribution in [1.29, 1.82) is 0 Å². The van der Waals surface area contributed by atoms with E-state index in [4.69, 9.17) is 21.1 Å². The molecule has 1 N–H and O–H groups in total. The SMILES string of the molecule is CCOc1cc(/C=N\NC(=O)c2ccc3ccccc3c2)cc(Cl)c1OCc1ccccc1C. The van der Waals surface area contributed by atoms with E-state index in [1.807, 2.05) is 74.5 Å². The van der Waals surface area contributed by atoms with Gasteiger partial charge in [-0.3, -0.25) is 4.79 Å². The quantitative estimate of drug-likeness (QED) is 0.234. The molecule has 4 aromatic rings. The van der Waals surface area contributed by atoms with Gasteiger partial charge in [0.05, 0.1) is 17.8 Å². The molecule has 172 valence electrons. The van der Waals surface area contributed by atoms with Gasteiger partial charge in [-0.2, -0.15) is 5.10 Å². The number of nitrogens with one attached hydrogen (secondary N) is 1. The lowest BCUT2D eigenvalue weighted by atomic mass is 10.1. The molecule has 0 aromatic heterocycles. The van der Waals surface area contributed by atoms with Gasteiger partial charge in [-0.05, 0) is 65.6 Å². The first kappa shape index (κ1) is 23.3. The van der Waals surface area contributed by atoms with Crippen molar-refractivity contribution >= 4 is 34.5 Å². The van der Waals surface area contributed by atoms with E-state index in [-0.39, 0.29) is 5.91 Å². The summed E-state index contributed by atoms with van der Waals surface area (Å²) in [4.78, 5) is 12.5. The number of ether oxygens (including phenoxy) is 2. The van der Waals surface area contributed by atoms with Gasteiger partial charge in [0, 0.05) is 5.56 Å². The van der Waals surface area contributed by atoms with Gasteiger partial charge in [0.1, 0.15) is 6.61 Å². The van der Waals surface area contributed by atoms with Crippen molar-refractivity contribution in [2.24, 2.45) is 5.10 Å². The van der Waals surface area contributed by atoms with Gasteiger partial charge in [0.15, 0.2) is 11.5 Å². The zero-order valence-electron chi connectivity index (χ0n) is 19.0. The van der Waals surface area contributed by atoms with E-state index < -0.39 is 0 Å². The molecule has 0 unspecified atom stereocenters. The van der Waals surface area contributed by atoms with Gasteiger partial charge in [0.2, 0.25) is 0 Å². The number of halogens is 1. The lowest BCUT2D eigenvalue weighted by Gasteiger charge is -2.15. The van der Waals surface area contributed by atoms with E-state index in [1.165, 1.54) is 6.21 Å². The maximum atomic E-state index is 12.5. The molecule has 0 saturated heterocycles. The van der Waals surface area contributed by atoms with Crippen LogP contribution in [0.5, 0.6) is 11.5 Å². The Morgan fingerprint density at radius 2 is 1.74 bits per heavy atom. The number of carbonyl (C=O) groups is 1. The van der Waals surface area contributed by atoms with E-state index >= 15 is 0 Å². The van der Waals surface area contributed by atoms with Crippen LogP contribution in [0.15, 0.2) is 84.0 Å². The molecule has 0 fully saturated rings. The summed E-state index contributed by atoms with van der Waals surface area (Å²) in [6, 6.07) is 24.9. The number of carbonyl (C=O) groups excluding carboxylic acids is 1. The normalized spacial score (nSPS) is 11.0. The monoisotopic (exact) mass is 472 g/mol. The van der Waals surface area contributed by atoms with Gasteiger partial charge in [0.25, 0.3) is 5.91 Å². The van der Waals surface area contributed by atoms with Crippen LogP contribution in [0.2, 0.25) is 5.02 Å². The van der Waals surface area contributed by atoms with Crippen LogP contribution < -0.4 is 14.9 Å². The smallest absolute Gasteiger partial charge is 0.271 e. The lowest BCUT2D eigenvalue weighted by molar-refractivity contribution is 0.0955. The predicted octanol–water partition coefficient (Wildman–Crippen LogP) is 6.54. The molecule has 1 amide bonds. The van der Waals surface area contributed by atoms with Crippen molar-refractivity contribution in [1.82, 2.24) is 5.43 Å². The summed E-state index contributed by atoms with van der Waals surface area (Å²) in [5, 5.41) is 6.57. The van der Waals surface area contributed by atoms with Crippen LogP contribution in [0.25, 0.3) is 10.8 Å². The number of nitrogens with zero attached hydrogens (tertiary/aromatic N) is 1. The van der Waals surface area contributed by atoms with Gasteiger partial charge in [-0.1, -0.05) is 66.2 Å². The van der Waals surface area contributed by atoms with Crippen LogP contribution in [0, 0.1) is 6.92 Å². The third-order valence-corrected chi connectivity index (χ3v) is 5.64. The third-order valence-electron chi connectivity index (χ3n) is 5.36. The topological polar surface area (TPSA) is 59.9 Å². The predicted molar refractivity (Wildman–Crippen MR) is 137 cm³/mol. The van der Waals surface area contributed by atoms with Gasteiger partial charge in [-0.25, -0.2) is 5.43 Å². The zero-order valence-corrected chi connectivity index (χ0v) is 19.8. The van der Waals surface area contributed by atoms with Crippen molar-refractivity contribution in [3.63, 3.8) is 0 Å². The van der Waals surface area contributed by atoms with Crippen LogP contribution in [0.4, 0.5) is 0 Å². The molecule has 4 aromatic carbocycles. The molecule has 0 bridgehead atoms. The van der Waals surface area contributed by atoms with Crippen LogP contribution in [-0.2, 0) is 6.61 Å². The van der Waals surface area contributed by atoms with Crippen molar-refractivity contribution in [3.05, 3.63) is 106 Å². The number of hydrazone groups is 1. The van der Waals surface area contributed by atoms with Crippen molar-refractivity contribution in [3.8, 4) is 11.5 Å². The highest BCUT2D eigenvalue weighted by Crippen LogP contribution is 2.37. The molecule has 0 saturated carbocycles. The Labute approximate surface area is 204 Å². The first-order valence-electron chi connectivity index (χ1n) is 11.0. The molecule has 0 atom stereocenters. The molecule has 0 spiro atoms. The highest BCUT2D eigenvalue weighted by molar-refractivity contribution is 6.32. The van der Waals surface area contributed by atoms with E-state index in [0.29, 0.717) is 40.9 Å². The van der Waals surface area contributed by atoms with Crippen molar-refractivity contribution in [2.75, 3.05) is 6.61 Å². The molecule has 4 rings (SSSR count). The number of aryl methyl sites for hydroxylation is 1. The first-order chi connectivity index (χ1) is 16.5. The van der Waals surface area contributed by atoms with E-state index in [0.717, 1.165) is 21.9 Å². The van der Waals surface area contributed by atoms with Crippen molar-refractivity contribution < 1.29 is 14.3 Å². The maximum Gasteiger partial charge on any atom is 0.271 e. The Morgan fingerprint density at radius 3 is 2.53 bits per heavy atom. The summed E-state index contributed by atoms with van der Waals surface area (Å²) in [5.74, 6) is 0.700. The minimum atomic E-state index is -0.295. The molecule has 5 nitrogen and oxygen atoms in total. The fourth-order valence-electron chi connectivity index (χ4n) is 3.55. The van der Waals surface area contributed by atoms with Crippen LogP contribution in [0.1, 0.15) is 34.0 Å². The van der Waals surface area contributed by atoms with Crippen LogP contribution in [-0.4, -0.2) is 18.7 Å². The Morgan fingerprint density at radius 1 is 0.971 bits per heavy atom. The molecule has 0 aliphatic carbocycles. The summed E-state index contributed by atoms with van der Waals surface area (Å²) in [7, 11) is 0. The Hall–Kier alpha value is -3.83. The summed E-state index contributed by atoms with van der Waals surface area (Å²) < 4.78 is 11.8. The Balaban J connectivity index is 1.47. The number of fused-ring (bicyclic) bond motifs is 1. The van der Waals surface area contributed by atoms with E-state index in [9.17, 15) is 4.79 Å².